The molecule has 0 atom stereocenters. The van der Waals surface area contributed by atoms with Gasteiger partial charge in [-0.05, 0) is 11.4 Å². The summed E-state index contributed by atoms with van der Waals surface area (Å²) in [6, 6.07) is 1.90. The van der Waals surface area contributed by atoms with Crippen LogP contribution in [0.5, 0.6) is 5.75 Å². The van der Waals surface area contributed by atoms with Crippen LogP contribution < -0.4 is 10.1 Å². The lowest BCUT2D eigenvalue weighted by molar-refractivity contribution is 0.411. The first kappa shape index (κ1) is 12.5. The van der Waals surface area contributed by atoms with E-state index in [1.807, 2.05) is 11.4 Å². The van der Waals surface area contributed by atoms with Crippen LogP contribution in [-0.4, -0.2) is 34.1 Å². The Kier molecular flexibility index (Phi) is 4.56. The van der Waals surface area contributed by atoms with Gasteiger partial charge in [-0.25, -0.2) is 8.42 Å². The Hall–Kier alpha value is -0.590. The predicted octanol–water partition coefficient (Wildman–Crippen LogP) is 0.891. The highest BCUT2D eigenvalue weighted by molar-refractivity contribution is 7.90. The minimum atomic E-state index is -2.87. The van der Waals surface area contributed by atoms with Gasteiger partial charge in [0.25, 0.3) is 0 Å². The molecule has 1 heterocycles. The average molecular weight is 249 g/mol. The Morgan fingerprint density at radius 2 is 2.27 bits per heavy atom. The molecule has 15 heavy (non-hydrogen) atoms. The molecule has 1 N–H and O–H groups in total. The number of hydrogen-bond acceptors (Lipinski definition) is 5. The number of ether oxygens (including phenoxy) is 1. The summed E-state index contributed by atoms with van der Waals surface area (Å²) in [5.41, 5.74) is 0. The van der Waals surface area contributed by atoms with Crippen LogP contribution in [0.25, 0.3) is 0 Å². The number of nitrogens with one attached hydrogen (secondary N) is 1. The summed E-state index contributed by atoms with van der Waals surface area (Å²) < 4.78 is 26.8. The molecule has 0 bridgehead atoms. The second kappa shape index (κ2) is 5.48. The highest BCUT2D eigenvalue weighted by atomic mass is 32.2. The highest BCUT2D eigenvalue weighted by Crippen LogP contribution is 2.23. The van der Waals surface area contributed by atoms with Crippen LogP contribution >= 0.6 is 11.3 Å². The third-order valence-electron chi connectivity index (χ3n) is 1.86. The van der Waals surface area contributed by atoms with Crippen molar-refractivity contribution < 1.29 is 13.2 Å². The van der Waals surface area contributed by atoms with Gasteiger partial charge in [0, 0.05) is 19.3 Å². The number of sulfone groups is 1. The van der Waals surface area contributed by atoms with Crippen LogP contribution in [0, 0.1) is 0 Å². The first-order chi connectivity index (χ1) is 7.03. The molecule has 0 aliphatic carbocycles. The number of methoxy groups -OCH3 is 1. The van der Waals surface area contributed by atoms with E-state index in [4.69, 9.17) is 4.74 Å². The van der Waals surface area contributed by atoms with Gasteiger partial charge in [-0.1, -0.05) is 0 Å². The van der Waals surface area contributed by atoms with Crippen molar-refractivity contribution in [3.63, 3.8) is 0 Å². The molecule has 4 nitrogen and oxygen atoms in total. The maximum absolute atomic E-state index is 10.9. The summed E-state index contributed by atoms with van der Waals surface area (Å²) in [6.45, 7) is 1.12. The Balaban J connectivity index is 2.32. The van der Waals surface area contributed by atoms with Crippen LogP contribution in [-0.2, 0) is 16.4 Å². The molecular weight excluding hydrogens is 234 g/mol. The van der Waals surface area contributed by atoms with Crippen molar-refractivity contribution in [3.05, 3.63) is 16.3 Å². The fraction of sp³-hybridized carbons (Fsp3) is 0.556. The maximum atomic E-state index is 10.9. The quantitative estimate of drug-likeness (QED) is 0.761. The summed E-state index contributed by atoms with van der Waals surface area (Å²) in [6.07, 6.45) is 1.24. The van der Waals surface area contributed by atoms with Crippen LogP contribution in [0.3, 0.4) is 0 Å². The number of thiophene rings is 1. The van der Waals surface area contributed by atoms with Crippen LogP contribution in [0.2, 0.25) is 0 Å². The van der Waals surface area contributed by atoms with Crippen molar-refractivity contribution in [3.8, 4) is 5.75 Å². The Labute approximate surface area is 94.2 Å². The molecule has 0 unspecified atom stereocenters. The zero-order chi connectivity index (χ0) is 11.3. The molecule has 86 valence electrons. The molecule has 0 spiro atoms. The van der Waals surface area contributed by atoms with Gasteiger partial charge in [-0.2, -0.15) is 0 Å². The molecule has 0 fully saturated rings. The van der Waals surface area contributed by atoms with Crippen molar-refractivity contribution in [2.24, 2.45) is 0 Å². The molecule has 0 saturated carbocycles. The lowest BCUT2D eigenvalue weighted by atomic mass is 10.4. The standard InChI is InChI=1S/C9H15NO3S2/c1-13-8-3-5-14-9(8)7-10-4-6-15(2,11)12/h3,5,10H,4,6-7H2,1-2H3. The minimum absolute atomic E-state index is 0.167. The van der Waals surface area contributed by atoms with Gasteiger partial charge < -0.3 is 10.1 Å². The van der Waals surface area contributed by atoms with E-state index < -0.39 is 9.84 Å². The topological polar surface area (TPSA) is 55.4 Å². The molecule has 1 rings (SSSR count). The van der Waals surface area contributed by atoms with Gasteiger partial charge in [-0.15, -0.1) is 11.3 Å². The molecule has 1 aromatic rings. The molecule has 1 aromatic heterocycles. The largest absolute Gasteiger partial charge is 0.496 e. The number of rotatable bonds is 6. The van der Waals surface area contributed by atoms with Gasteiger partial charge in [-0.3, -0.25) is 0 Å². The van der Waals surface area contributed by atoms with E-state index >= 15 is 0 Å². The third kappa shape index (κ3) is 4.63. The Bertz CT molecular complexity index is 397. The van der Waals surface area contributed by atoms with Crippen molar-refractivity contribution in [1.29, 1.82) is 0 Å². The van der Waals surface area contributed by atoms with Crippen molar-refractivity contribution in [1.82, 2.24) is 5.32 Å². The summed E-state index contributed by atoms with van der Waals surface area (Å²) in [7, 11) is -1.24. The first-order valence-corrected chi connectivity index (χ1v) is 7.46. The van der Waals surface area contributed by atoms with E-state index in [0.29, 0.717) is 13.1 Å². The Morgan fingerprint density at radius 3 is 2.87 bits per heavy atom. The number of hydrogen-bond donors (Lipinski definition) is 1. The van der Waals surface area contributed by atoms with Crippen molar-refractivity contribution >= 4 is 21.2 Å². The van der Waals surface area contributed by atoms with Gasteiger partial charge in [0.05, 0.1) is 17.7 Å². The second-order valence-corrected chi connectivity index (χ2v) is 6.48. The van der Waals surface area contributed by atoms with Crippen LogP contribution in [0.1, 0.15) is 4.88 Å². The lowest BCUT2D eigenvalue weighted by Crippen LogP contribution is -2.21. The lowest BCUT2D eigenvalue weighted by Gasteiger charge is -2.04. The second-order valence-electron chi connectivity index (χ2n) is 3.22. The molecule has 6 heteroatoms. The van der Waals surface area contributed by atoms with Gasteiger partial charge in [0.1, 0.15) is 15.6 Å². The summed E-state index contributed by atoms with van der Waals surface area (Å²) >= 11 is 1.60. The zero-order valence-electron chi connectivity index (χ0n) is 8.82. The SMILES string of the molecule is COc1ccsc1CNCCS(C)(=O)=O. The fourth-order valence-electron chi connectivity index (χ4n) is 1.10. The molecular formula is C9H15NO3S2. The van der Waals surface area contributed by atoms with Crippen molar-refractivity contribution in [2.75, 3.05) is 25.7 Å². The van der Waals surface area contributed by atoms with Gasteiger partial charge >= 0.3 is 0 Å². The molecule has 0 aliphatic rings. The maximum Gasteiger partial charge on any atom is 0.148 e. The molecule has 0 amide bonds. The zero-order valence-corrected chi connectivity index (χ0v) is 10.5. The van der Waals surface area contributed by atoms with E-state index in [1.54, 1.807) is 18.4 Å². The van der Waals surface area contributed by atoms with E-state index in [9.17, 15) is 8.42 Å². The molecule has 0 saturated heterocycles. The molecule has 0 aromatic carbocycles. The van der Waals surface area contributed by atoms with E-state index in [-0.39, 0.29) is 5.75 Å². The van der Waals surface area contributed by atoms with Crippen LogP contribution in [0.4, 0.5) is 0 Å². The van der Waals surface area contributed by atoms with Crippen LogP contribution in [0.15, 0.2) is 11.4 Å². The van der Waals surface area contributed by atoms with E-state index in [1.165, 1.54) is 6.26 Å². The smallest absolute Gasteiger partial charge is 0.148 e. The molecule has 0 aliphatic heterocycles. The summed E-state index contributed by atoms with van der Waals surface area (Å²) in [5, 5.41) is 5.02. The normalized spacial score (nSPS) is 11.6. The third-order valence-corrected chi connectivity index (χ3v) is 3.71. The predicted molar refractivity (Wildman–Crippen MR) is 62.3 cm³/mol. The van der Waals surface area contributed by atoms with Gasteiger partial charge in [0.15, 0.2) is 0 Å². The Morgan fingerprint density at radius 1 is 1.53 bits per heavy atom. The van der Waals surface area contributed by atoms with E-state index in [0.717, 1.165) is 10.6 Å². The fourth-order valence-corrected chi connectivity index (χ4v) is 2.42. The van der Waals surface area contributed by atoms with E-state index in [2.05, 4.69) is 5.32 Å². The average Bonchev–Trinajstić information content (AvgIpc) is 2.58. The minimum Gasteiger partial charge on any atom is -0.496 e. The van der Waals surface area contributed by atoms with Gasteiger partial charge in [0.2, 0.25) is 0 Å². The molecule has 0 radical (unpaired) electrons. The monoisotopic (exact) mass is 249 g/mol. The summed E-state index contributed by atoms with van der Waals surface area (Å²) in [5.74, 6) is 1.02. The van der Waals surface area contributed by atoms with Crippen molar-refractivity contribution in [2.45, 2.75) is 6.54 Å². The highest BCUT2D eigenvalue weighted by Gasteiger charge is 2.05. The first-order valence-electron chi connectivity index (χ1n) is 4.52. The summed E-state index contributed by atoms with van der Waals surface area (Å²) in [4.78, 5) is 1.09.